The Hall–Kier alpha value is -1.68. The standard InChI is InChI=1S/C19H22F2N2O3S2/c1-26-16-4-8-18(9-5-16)28(24,25)23-12-10-22(11-13-23)14-15-2-6-17(7-3-15)27-19(20)21/h2-9,19H,10-14H2,1H3. The van der Waals surface area contributed by atoms with E-state index >= 15 is 0 Å². The predicted octanol–water partition coefficient (Wildman–Crippen LogP) is 3.52. The minimum absolute atomic E-state index is 0.258. The van der Waals surface area contributed by atoms with Gasteiger partial charge in [-0.2, -0.15) is 13.1 Å². The van der Waals surface area contributed by atoms with E-state index in [9.17, 15) is 17.2 Å². The van der Waals surface area contributed by atoms with Crippen LogP contribution in [0.25, 0.3) is 0 Å². The Labute approximate surface area is 168 Å². The summed E-state index contributed by atoms with van der Waals surface area (Å²) in [6, 6.07) is 13.4. The zero-order valence-corrected chi connectivity index (χ0v) is 17.1. The number of hydrogen-bond acceptors (Lipinski definition) is 5. The summed E-state index contributed by atoms with van der Waals surface area (Å²) in [5.74, 6) is -1.81. The summed E-state index contributed by atoms with van der Waals surface area (Å²) in [6.07, 6.45) is 0. The minimum atomic E-state index is -3.52. The lowest BCUT2D eigenvalue weighted by Crippen LogP contribution is -2.48. The Morgan fingerprint density at radius 3 is 2.14 bits per heavy atom. The van der Waals surface area contributed by atoms with Crippen LogP contribution >= 0.6 is 11.8 Å². The maximum Gasteiger partial charge on any atom is 0.288 e. The van der Waals surface area contributed by atoms with Crippen LogP contribution in [0.15, 0.2) is 58.3 Å². The van der Waals surface area contributed by atoms with Crippen LogP contribution in [-0.4, -0.2) is 56.7 Å². The van der Waals surface area contributed by atoms with E-state index in [1.807, 2.05) is 12.1 Å². The molecular formula is C19H22F2N2O3S2. The number of halogens is 2. The van der Waals surface area contributed by atoms with E-state index in [2.05, 4.69) is 4.90 Å². The first-order valence-electron chi connectivity index (χ1n) is 8.79. The van der Waals surface area contributed by atoms with E-state index in [0.717, 1.165) is 5.56 Å². The first-order valence-corrected chi connectivity index (χ1v) is 11.1. The molecule has 0 radical (unpaired) electrons. The molecule has 0 aliphatic carbocycles. The number of ether oxygens (including phenoxy) is 1. The molecule has 0 atom stereocenters. The van der Waals surface area contributed by atoms with E-state index < -0.39 is 15.8 Å². The highest BCUT2D eigenvalue weighted by Gasteiger charge is 2.28. The van der Waals surface area contributed by atoms with Gasteiger partial charge in [-0.25, -0.2) is 8.42 Å². The molecule has 1 heterocycles. The van der Waals surface area contributed by atoms with Crippen molar-refractivity contribution in [2.24, 2.45) is 0 Å². The fourth-order valence-corrected chi connectivity index (χ4v) is 4.98. The molecule has 0 N–H and O–H groups in total. The maximum atomic E-state index is 12.8. The Kier molecular flexibility index (Phi) is 6.92. The SMILES string of the molecule is COc1ccc(S(=O)(=O)N2CCN(Cc3ccc(SC(F)F)cc3)CC2)cc1. The number of benzene rings is 2. The average Bonchev–Trinajstić information content (AvgIpc) is 2.69. The molecule has 2 aromatic rings. The molecule has 28 heavy (non-hydrogen) atoms. The number of sulfonamides is 1. The number of methoxy groups -OCH3 is 1. The second-order valence-corrected chi connectivity index (χ2v) is 9.38. The van der Waals surface area contributed by atoms with Gasteiger partial charge in [0, 0.05) is 37.6 Å². The molecule has 3 rings (SSSR count). The van der Waals surface area contributed by atoms with E-state index in [-0.39, 0.29) is 4.90 Å². The molecule has 0 spiro atoms. The van der Waals surface area contributed by atoms with Crippen molar-refractivity contribution < 1.29 is 21.9 Å². The summed E-state index contributed by atoms with van der Waals surface area (Å²) in [5, 5.41) is 0. The smallest absolute Gasteiger partial charge is 0.288 e. The van der Waals surface area contributed by atoms with Crippen molar-refractivity contribution >= 4 is 21.8 Å². The van der Waals surface area contributed by atoms with Gasteiger partial charge in [-0.05, 0) is 42.0 Å². The van der Waals surface area contributed by atoms with Gasteiger partial charge >= 0.3 is 0 Å². The molecule has 1 fully saturated rings. The summed E-state index contributed by atoms with van der Waals surface area (Å²) >= 11 is 0.528. The van der Waals surface area contributed by atoms with Crippen LogP contribution in [0.3, 0.4) is 0 Å². The molecule has 0 bridgehead atoms. The first-order chi connectivity index (χ1) is 13.4. The summed E-state index contributed by atoms with van der Waals surface area (Å²) in [4.78, 5) is 2.96. The molecule has 0 aromatic heterocycles. The van der Waals surface area contributed by atoms with Gasteiger partial charge in [0.2, 0.25) is 10.0 Å². The van der Waals surface area contributed by atoms with Crippen molar-refractivity contribution in [3.05, 3.63) is 54.1 Å². The van der Waals surface area contributed by atoms with Gasteiger partial charge in [0.25, 0.3) is 5.76 Å². The molecule has 0 unspecified atom stereocenters. The summed E-state index contributed by atoms with van der Waals surface area (Å²) in [5.41, 5.74) is 1.02. The molecule has 152 valence electrons. The number of hydrogen-bond donors (Lipinski definition) is 0. The monoisotopic (exact) mass is 428 g/mol. The molecule has 1 aliphatic heterocycles. The lowest BCUT2D eigenvalue weighted by Gasteiger charge is -2.34. The lowest BCUT2D eigenvalue weighted by atomic mass is 10.2. The molecule has 9 heteroatoms. The van der Waals surface area contributed by atoms with Gasteiger partial charge in [0.15, 0.2) is 0 Å². The zero-order valence-electron chi connectivity index (χ0n) is 15.4. The second-order valence-electron chi connectivity index (χ2n) is 6.38. The third-order valence-electron chi connectivity index (χ3n) is 4.58. The quantitative estimate of drug-likeness (QED) is 0.632. The van der Waals surface area contributed by atoms with Crippen molar-refractivity contribution in [2.75, 3.05) is 33.3 Å². The van der Waals surface area contributed by atoms with Crippen LogP contribution in [0.4, 0.5) is 8.78 Å². The molecule has 2 aromatic carbocycles. The molecule has 5 nitrogen and oxygen atoms in total. The molecule has 1 aliphatic rings. The number of piperazine rings is 1. The highest BCUT2D eigenvalue weighted by atomic mass is 32.2. The topological polar surface area (TPSA) is 49.9 Å². The van der Waals surface area contributed by atoms with E-state index in [1.54, 1.807) is 36.4 Å². The van der Waals surface area contributed by atoms with Gasteiger partial charge in [-0.3, -0.25) is 4.90 Å². The van der Waals surface area contributed by atoms with Gasteiger partial charge in [0.05, 0.1) is 12.0 Å². The van der Waals surface area contributed by atoms with Crippen LogP contribution in [0, 0.1) is 0 Å². The van der Waals surface area contributed by atoms with Crippen LogP contribution in [0.5, 0.6) is 5.75 Å². The van der Waals surface area contributed by atoms with E-state index in [0.29, 0.717) is 55.1 Å². The van der Waals surface area contributed by atoms with E-state index in [4.69, 9.17) is 4.74 Å². The highest BCUT2D eigenvalue weighted by molar-refractivity contribution is 7.99. The highest BCUT2D eigenvalue weighted by Crippen LogP contribution is 2.26. The van der Waals surface area contributed by atoms with Gasteiger partial charge in [-0.1, -0.05) is 23.9 Å². The summed E-state index contributed by atoms with van der Waals surface area (Å²) in [6.45, 7) is 2.71. The van der Waals surface area contributed by atoms with Gasteiger partial charge in [-0.15, -0.1) is 0 Å². The molecule has 0 saturated carbocycles. The van der Waals surface area contributed by atoms with Crippen LogP contribution in [0.1, 0.15) is 5.56 Å². The van der Waals surface area contributed by atoms with Gasteiger partial charge < -0.3 is 4.74 Å². The molecule has 0 amide bonds. The predicted molar refractivity (Wildman–Crippen MR) is 105 cm³/mol. The fourth-order valence-electron chi connectivity index (χ4n) is 3.06. The number of alkyl halides is 2. The average molecular weight is 429 g/mol. The van der Waals surface area contributed by atoms with Crippen LogP contribution < -0.4 is 4.74 Å². The lowest BCUT2D eigenvalue weighted by molar-refractivity contribution is 0.181. The van der Waals surface area contributed by atoms with Crippen molar-refractivity contribution in [1.29, 1.82) is 0 Å². The third-order valence-corrected chi connectivity index (χ3v) is 7.22. The van der Waals surface area contributed by atoms with Crippen LogP contribution in [0.2, 0.25) is 0 Å². The Bertz CT molecular complexity index is 867. The minimum Gasteiger partial charge on any atom is -0.497 e. The van der Waals surface area contributed by atoms with Crippen molar-refractivity contribution in [3.63, 3.8) is 0 Å². The van der Waals surface area contributed by atoms with Crippen LogP contribution in [-0.2, 0) is 16.6 Å². The second kappa shape index (κ2) is 9.21. The van der Waals surface area contributed by atoms with Gasteiger partial charge in [0.1, 0.15) is 5.75 Å². The summed E-state index contributed by atoms with van der Waals surface area (Å²) < 4.78 is 56.9. The number of rotatable bonds is 7. The van der Waals surface area contributed by atoms with Crippen molar-refractivity contribution in [1.82, 2.24) is 9.21 Å². The first kappa shape index (κ1) is 21.0. The third kappa shape index (κ3) is 5.22. The Morgan fingerprint density at radius 2 is 1.61 bits per heavy atom. The number of nitrogens with zero attached hydrogens (tertiary/aromatic N) is 2. The molecular weight excluding hydrogens is 406 g/mol. The maximum absolute atomic E-state index is 12.8. The summed E-state index contributed by atoms with van der Waals surface area (Å²) in [7, 11) is -1.99. The molecule has 1 saturated heterocycles. The Morgan fingerprint density at radius 1 is 1.00 bits per heavy atom. The largest absolute Gasteiger partial charge is 0.497 e. The number of thioether (sulfide) groups is 1. The normalized spacial score (nSPS) is 16.4. The Balaban J connectivity index is 1.56. The zero-order chi connectivity index (χ0) is 20.1. The van der Waals surface area contributed by atoms with E-state index in [1.165, 1.54) is 11.4 Å². The van der Waals surface area contributed by atoms with Crippen molar-refractivity contribution in [2.45, 2.75) is 22.1 Å². The van der Waals surface area contributed by atoms with Crippen molar-refractivity contribution in [3.8, 4) is 5.75 Å². The fraction of sp³-hybridized carbons (Fsp3) is 0.368.